The number of carboxylic acid groups (broad SMARTS) is 2. The zero-order valence-electron chi connectivity index (χ0n) is 8.20. The van der Waals surface area contributed by atoms with Crippen molar-refractivity contribution in [2.24, 2.45) is 0 Å². The first-order valence-electron chi connectivity index (χ1n) is 4.24. The van der Waals surface area contributed by atoms with Gasteiger partial charge in [-0.05, 0) is 24.6 Å². The van der Waals surface area contributed by atoms with Gasteiger partial charge >= 0.3 is 11.9 Å². The highest BCUT2D eigenvalue weighted by Gasteiger charge is 2.25. The summed E-state index contributed by atoms with van der Waals surface area (Å²) < 4.78 is 25.2. The minimum atomic E-state index is -3.14. The topological polar surface area (TPSA) is 74.6 Å². The summed E-state index contributed by atoms with van der Waals surface area (Å²) >= 11 is 0. The van der Waals surface area contributed by atoms with Gasteiger partial charge in [-0.25, -0.2) is 18.4 Å². The first kappa shape index (κ1) is 12.1. The van der Waals surface area contributed by atoms with Gasteiger partial charge < -0.3 is 10.2 Å². The maximum absolute atomic E-state index is 12.6. The summed E-state index contributed by atoms with van der Waals surface area (Å²) in [6.07, 6.45) is -3.14. The minimum Gasteiger partial charge on any atom is -0.478 e. The molecule has 0 saturated heterocycles. The number of carboxylic acids is 2. The summed E-state index contributed by atoms with van der Waals surface area (Å²) in [6, 6.07) is 2.05. The third-order valence-electron chi connectivity index (χ3n) is 2.00. The highest BCUT2D eigenvalue weighted by atomic mass is 19.3. The van der Waals surface area contributed by atoms with Crippen molar-refractivity contribution in [1.29, 1.82) is 0 Å². The van der Waals surface area contributed by atoms with E-state index in [0.29, 0.717) is 5.56 Å². The fourth-order valence-electron chi connectivity index (χ4n) is 1.39. The second kappa shape index (κ2) is 4.26. The summed E-state index contributed by atoms with van der Waals surface area (Å²) in [5.41, 5.74) is -2.00. The molecule has 0 unspecified atom stereocenters. The number of halogens is 2. The SMILES string of the molecule is Cc1cc(C(=O)O)c(C(F)F)c(C(=O)O)c1. The Hall–Kier alpha value is -1.98. The van der Waals surface area contributed by atoms with Crippen LogP contribution < -0.4 is 0 Å². The molecule has 16 heavy (non-hydrogen) atoms. The average molecular weight is 230 g/mol. The van der Waals surface area contributed by atoms with Crippen molar-refractivity contribution in [2.75, 3.05) is 0 Å². The van der Waals surface area contributed by atoms with Gasteiger partial charge in [0, 0.05) is 5.56 Å². The van der Waals surface area contributed by atoms with Gasteiger partial charge in [-0.3, -0.25) is 0 Å². The Kier molecular flexibility index (Phi) is 3.22. The van der Waals surface area contributed by atoms with E-state index in [1.807, 2.05) is 0 Å². The zero-order valence-corrected chi connectivity index (χ0v) is 8.20. The number of carbonyl (C=O) groups is 2. The Bertz CT molecular complexity index is 419. The predicted molar refractivity (Wildman–Crippen MR) is 50.1 cm³/mol. The minimum absolute atomic E-state index is 0.305. The van der Waals surface area contributed by atoms with Crippen molar-refractivity contribution in [2.45, 2.75) is 13.3 Å². The molecular formula is C10H8F2O4. The highest BCUT2D eigenvalue weighted by Crippen LogP contribution is 2.28. The second-order valence-corrected chi connectivity index (χ2v) is 3.18. The van der Waals surface area contributed by atoms with E-state index in [2.05, 4.69) is 0 Å². The van der Waals surface area contributed by atoms with E-state index in [1.165, 1.54) is 6.92 Å². The van der Waals surface area contributed by atoms with E-state index < -0.39 is 35.1 Å². The van der Waals surface area contributed by atoms with E-state index in [9.17, 15) is 18.4 Å². The van der Waals surface area contributed by atoms with Crippen LogP contribution in [0.15, 0.2) is 12.1 Å². The number of rotatable bonds is 3. The molecule has 0 spiro atoms. The standard InChI is InChI=1S/C10H8F2O4/c1-4-2-5(9(13)14)7(8(11)12)6(3-4)10(15)16/h2-3,8H,1H3,(H,13,14)(H,15,16). The number of hydrogen-bond acceptors (Lipinski definition) is 2. The van der Waals surface area contributed by atoms with Crippen LogP contribution in [-0.4, -0.2) is 22.2 Å². The Labute approximate surface area is 89.1 Å². The molecule has 0 radical (unpaired) electrons. The third kappa shape index (κ3) is 2.16. The predicted octanol–water partition coefficient (Wildman–Crippen LogP) is 2.33. The van der Waals surface area contributed by atoms with E-state index in [0.717, 1.165) is 12.1 Å². The van der Waals surface area contributed by atoms with Crippen LogP contribution in [0.4, 0.5) is 8.78 Å². The van der Waals surface area contributed by atoms with E-state index in [-0.39, 0.29) is 0 Å². The summed E-state index contributed by atoms with van der Waals surface area (Å²) in [5, 5.41) is 17.4. The van der Waals surface area contributed by atoms with Gasteiger partial charge in [-0.15, -0.1) is 0 Å². The van der Waals surface area contributed by atoms with E-state index >= 15 is 0 Å². The van der Waals surface area contributed by atoms with Crippen LogP contribution in [0.3, 0.4) is 0 Å². The lowest BCUT2D eigenvalue weighted by molar-refractivity contribution is 0.0673. The van der Waals surface area contributed by atoms with Gasteiger partial charge in [0.15, 0.2) is 0 Å². The molecule has 0 bridgehead atoms. The Morgan fingerprint density at radius 3 is 1.75 bits per heavy atom. The molecule has 1 aromatic rings. The Balaban J connectivity index is 3.60. The lowest BCUT2D eigenvalue weighted by atomic mass is 9.98. The number of alkyl halides is 2. The molecule has 0 amide bonds. The van der Waals surface area contributed by atoms with Crippen molar-refractivity contribution < 1.29 is 28.6 Å². The zero-order chi connectivity index (χ0) is 12.5. The van der Waals surface area contributed by atoms with Crippen LogP contribution in [0, 0.1) is 6.92 Å². The first-order chi connectivity index (χ1) is 7.34. The molecule has 1 aromatic carbocycles. The number of benzene rings is 1. The summed E-state index contributed by atoms with van der Waals surface area (Å²) in [6.45, 7) is 1.44. The maximum atomic E-state index is 12.6. The van der Waals surface area contributed by atoms with Crippen LogP contribution in [0.2, 0.25) is 0 Å². The molecule has 86 valence electrons. The number of aryl methyl sites for hydroxylation is 1. The molecule has 0 fully saturated rings. The van der Waals surface area contributed by atoms with E-state index in [4.69, 9.17) is 10.2 Å². The molecule has 0 saturated carbocycles. The van der Waals surface area contributed by atoms with Crippen LogP contribution in [0.25, 0.3) is 0 Å². The molecule has 6 heteroatoms. The van der Waals surface area contributed by atoms with Crippen molar-refractivity contribution >= 4 is 11.9 Å². The number of hydrogen-bond donors (Lipinski definition) is 2. The van der Waals surface area contributed by atoms with Gasteiger partial charge in [0.25, 0.3) is 6.43 Å². The van der Waals surface area contributed by atoms with Crippen molar-refractivity contribution in [3.8, 4) is 0 Å². The molecule has 2 N–H and O–H groups in total. The molecule has 4 nitrogen and oxygen atoms in total. The van der Waals surface area contributed by atoms with E-state index in [1.54, 1.807) is 0 Å². The van der Waals surface area contributed by atoms with Gasteiger partial charge in [-0.1, -0.05) is 0 Å². The summed E-state index contributed by atoms with van der Waals surface area (Å²) in [5.74, 6) is -3.14. The van der Waals surface area contributed by atoms with Gasteiger partial charge in [0.2, 0.25) is 0 Å². The molecule has 0 aromatic heterocycles. The van der Waals surface area contributed by atoms with Crippen molar-refractivity contribution in [3.05, 3.63) is 34.4 Å². The molecule has 0 atom stereocenters. The largest absolute Gasteiger partial charge is 0.478 e. The molecule has 0 heterocycles. The first-order valence-corrected chi connectivity index (χ1v) is 4.24. The fourth-order valence-corrected chi connectivity index (χ4v) is 1.39. The van der Waals surface area contributed by atoms with Crippen LogP contribution in [0.5, 0.6) is 0 Å². The van der Waals surface area contributed by atoms with Gasteiger partial charge in [0.1, 0.15) is 0 Å². The van der Waals surface area contributed by atoms with Gasteiger partial charge in [-0.2, -0.15) is 0 Å². The molecule has 1 rings (SSSR count). The Morgan fingerprint density at radius 1 is 1.12 bits per heavy atom. The maximum Gasteiger partial charge on any atom is 0.336 e. The van der Waals surface area contributed by atoms with Crippen LogP contribution in [0.1, 0.15) is 38.3 Å². The monoisotopic (exact) mass is 230 g/mol. The fraction of sp³-hybridized carbons (Fsp3) is 0.200. The van der Waals surface area contributed by atoms with Gasteiger partial charge in [0.05, 0.1) is 11.1 Å². The van der Waals surface area contributed by atoms with Crippen LogP contribution >= 0.6 is 0 Å². The average Bonchev–Trinajstić information content (AvgIpc) is 2.15. The molecular weight excluding hydrogens is 222 g/mol. The summed E-state index contributed by atoms with van der Waals surface area (Å²) in [4.78, 5) is 21.5. The third-order valence-corrected chi connectivity index (χ3v) is 2.00. The van der Waals surface area contributed by atoms with Crippen molar-refractivity contribution in [1.82, 2.24) is 0 Å². The quantitative estimate of drug-likeness (QED) is 0.835. The lowest BCUT2D eigenvalue weighted by Crippen LogP contribution is -2.11. The number of aromatic carboxylic acids is 2. The van der Waals surface area contributed by atoms with Crippen molar-refractivity contribution in [3.63, 3.8) is 0 Å². The molecule has 0 aliphatic rings. The Morgan fingerprint density at radius 2 is 1.50 bits per heavy atom. The normalized spacial score (nSPS) is 10.5. The molecule has 0 aliphatic heterocycles. The second-order valence-electron chi connectivity index (χ2n) is 3.18. The summed E-state index contributed by atoms with van der Waals surface area (Å²) in [7, 11) is 0. The lowest BCUT2D eigenvalue weighted by Gasteiger charge is -2.10. The highest BCUT2D eigenvalue weighted by molar-refractivity contribution is 5.97. The smallest absolute Gasteiger partial charge is 0.336 e. The van der Waals surface area contributed by atoms with Crippen LogP contribution in [-0.2, 0) is 0 Å². The molecule has 0 aliphatic carbocycles.